The van der Waals surface area contributed by atoms with Gasteiger partial charge in [0.05, 0.1) is 0 Å². The molecule has 0 amide bonds. The van der Waals surface area contributed by atoms with E-state index in [9.17, 15) is 0 Å². The van der Waals surface area contributed by atoms with Gasteiger partial charge in [0.1, 0.15) is 0 Å². The molecule has 0 aromatic carbocycles. The topological polar surface area (TPSA) is 0 Å². The van der Waals surface area contributed by atoms with Gasteiger partial charge in [-0.05, 0) is 0 Å². The first kappa shape index (κ1) is 14.2. The van der Waals surface area contributed by atoms with E-state index in [1.165, 1.54) is 64.2 Å². The van der Waals surface area contributed by atoms with E-state index in [4.69, 9.17) is 0 Å². The first-order chi connectivity index (χ1) is 6.88. The molecule has 0 aromatic heterocycles. The normalized spacial score (nSPS) is 24.6. The van der Waals surface area contributed by atoms with Crippen LogP contribution < -0.4 is 0 Å². The Morgan fingerprint density at radius 2 is 1.00 bits per heavy atom. The van der Waals surface area contributed by atoms with E-state index < -0.39 is 0 Å². The molecule has 2 rings (SSSR count). The second-order valence-corrected chi connectivity index (χ2v) is 6.14. The van der Waals surface area contributed by atoms with Crippen LogP contribution in [0.5, 0.6) is 0 Å². The summed E-state index contributed by atoms with van der Waals surface area (Å²) in [6.07, 6.45) is 16.0. The molecule has 1 unspecified atom stereocenters. The van der Waals surface area contributed by atoms with Crippen LogP contribution in [-0.4, -0.2) is 25.3 Å². The van der Waals surface area contributed by atoms with Crippen molar-refractivity contribution in [3.63, 3.8) is 0 Å². The summed E-state index contributed by atoms with van der Waals surface area (Å²) in [5.41, 5.74) is 0. The molecule has 2 aliphatic carbocycles. The van der Waals surface area contributed by atoms with Crippen molar-refractivity contribution in [1.82, 2.24) is 0 Å². The molecule has 1 atom stereocenters. The summed E-state index contributed by atoms with van der Waals surface area (Å²) in [5.74, 6) is 2.11. The van der Waals surface area contributed by atoms with Gasteiger partial charge in [0.2, 0.25) is 0 Å². The zero-order valence-electron chi connectivity index (χ0n) is 9.38. The van der Waals surface area contributed by atoms with Gasteiger partial charge >= 0.3 is 18.9 Å². The molecule has 0 spiro atoms. The van der Waals surface area contributed by atoms with Crippen LogP contribution in [0.3, 0.4) is 0 Å². The van der Waals surface area contributed by atoms with Gasteiger partial charge in [-0.25, -0.2) is 0 Å². The average Bonchev–Trinajstić information content (AvgIpc) is 2.30. The van der Waals surface area contributed by atoms with Gasteiger partial charge in [0.15, 0.2) is 6.43 Å². The first-order valence-corrected chi connectivity index (χ1v) is 7.30. The van der Waals surface area contributed by atoms with Gasteiger partial charge in [-0.1, -0.05) is 75.8 Å². The van der Waals surface area contributed by atoms with E-state index >= 15 is 0 Å². The molecule has 2 aliphatic rings. The molecule has 3 heteroatoms. The Bertz CT molecular complexity index is 147. The van der Waals surface area contributed by atoms with Gasteiger partial charge in [-0.15, -0.1) is 0 Å². The molecular weight excluding hydrogens is 193 g/mol. The molecule has 0 heterocycles. The summed E-state index contributed by atoms with van der Waals surface area (Å²) < 4.78 is 0. The van der Waals surface area contributed by atoms with Crippen molar-refractivity contribution in [2.24, 2.45) is 0 Å². The number of hydrogen-bond acceptors (Lipinski definition) is 0. The van der Waals surface area contributed by atoms with Gasteiger partial charge in [-0.2, -0.15) is 9.12 Å². The first-order valence-electron chi connectivity index (χ1n) is 6.63. The summed E-state index contributed by atoms with van der Waals surface area (Å²) in [6.45, 7) is 0. The van der Waals surface area contributed by atoms with Crippen molar-refractivity contribution in [3.05, 3.63) is 0 Å². The molecule has 0 nitrogen and oxygen atoms in total. The van der Waals surface area contributed by atoms with E-state index in [0.29, 0.717) is 0 Å². The molecule has 0 N–H and O–H groups in total. The van der Waals surface area contributed by atoms with Crippen molar-refractivity contribution in [1.29, 1.82) is 0 Å². The maximum atomic E-state index is 3.19. The quantitative estimate of drug-likeness (QED) is 0.487. The van der Waals surface area contributed by atoms with Crippen LogP contribution in [0.25, 0.3) is 0 Å². The minimum atomic E-state index is 0. The Kier molecular flexibility index (Phi) is 7.01. The second kappa shape index (κ2) is 7.42. The summed E-state index contributed by atoms with van der Waals surface area (Å²) in [5, 5.41) is 0. The van der Waals surface area contributed by atoms with Crippen molar-refractivity contribution in [2.75, 3.05) is 0 Å². The predicted octanol–water partition coefficient (Wildman–Crippen LogP) is 3.87. The van der Waals surface area contributed by atoms with Gasteiger partial charge in [-0.3, -0.25) is 0 Å². The third kappa shape index (κ3) is 4.11. The molecule has 0 bridgehead atoms. The molecule has 0 radical (unpaired) electrons. The van der Waals surface area contributed by atoms with E-state index in [1.807, 2.05) is 0 Å². The fraction of sp³-hybridized carbons (Fsp3) is 1.00. The van der Waals surface area contributed by atoms with Crippen molar-refractivity contribution < 1.29 is 0 Å². The minimum absolute atomic E-state index is 0. The third-order valence-electron chi connectivity index (χ3n) is 4.39. The number of rotatable bonds is 2. The van der Waals surface area contributed by atoms with Gasteiger partial charge in [0, 0.05) is 0 Å². The van der Waals surface area contributed by atoms with E-state index in [2.05, 4.69) is 9.12 Å². The fourth-order valence-electron chi connectivity index (χ4n) is 3.42. The van der Waals surface area contributed by atoms with Crippen LogP contribution >= 0.6 is 9.12 Å². The van der Waals surface area contributed by atoms with Crippen LogP contribution in [0.1, 0.15) is 64.2 Å². The zero-order chi connectivity index (χ0) is 9.80. The molecular formula is C12H25BLiP. The maximum absolute atomic E-state index is 3.19. The fourth-order valence-corrected chi connectivity index (χ4v) is 4.19. The van der Waals surface area contributed by atoms with Crippen molar-refractivity contribution in [2.45, 2.75) is 75.8 Å². The van der Waals surface area contributed by atoms with Crippen LogP contribution in [-0.2, 0) is 0 Å². The summed E-state index contributed by atoms with van der Waals surface area (Å²) in [7, 11) is 3.19. The molecule has 0 aromatic rings. The average molecular weight is 218 g/mol. The van der Waals surface area contributed by atoms with E-state index in [0.717, 1.165) is 18.1 Å². The summed E-state index contributed by atoms with van der Waals surface area (Å²) in [4.78, 5) is 0. The monoisotopic (exact) mass is 218 g/mol. The molecule has 2 fully saturated rings. The molecule has 2 saturated carbocycles. The van der Waals surface area contributed by atoms with Crippen LogP contribution in [0.15, 0.2) is 0 Å². The van der Waals surface area contributed by atoms with Crippen LogP contribution in [0, 0.1) is 0 Å². The Hall–Kier alpha value is 1.09. The molecule has 0 saturated heterocycles. The van der Waals surface area contributed by atoms with Gasteiger partial charge in [0.25, 0.3) is 0 Å². The van der Waals surface area contributed by atoms with E-state index in [-0.39, 0.29) is 18.9 Å². The Morgan fingerprint density at radius 1 is 0.667 bits per heavy atom. The molecule has 82 valence electrons. The standard InChI is InChI=1S/C12H24BP.Li.H/c14-13(11-7-3-1-4-8-11)12-9-5-2-6-10-12;;/h11-12H,1-10,14H2;;. The van der Waals surface area contributed by atoms with E-state index in [1.54, 1.807) is 0 Å². The Morgan fingerprint density at radius 3 is 1.33 bits per heavy atom. The van der Waals surface area contributed by atoms with Crippen LogP contribution in [0.4, 0.5) is 0 Å². The zero-order valence-corrected chi connectivity index (χ0v) is 10.5. The summed E-state index contributed by atoms with van der Waals surface area (Å²) in [6, 6.07) is 0. The van der Waals surface area contributed by atoms with Crippen molar-refractivity contribution >= 4 is 34.4 Å². The molecule has 0 aliphatic heterocycles. The molecule has 15 heavy (non-hydrogen) atoms. The Labute approximate surface area is 110 Å². The Balaban J connectivity index is 0.00000112. The predicted molar refractivity (Wildman–Crippen MR) is 76.3 cm³/mol. The van der Waals surface area contributed by atoms with Gasteiger partial charge < -0.3 is 0 Å². The van der Waals surface area contributed by atoms with Crippen molar-refractivity contribution in [3.8, 4) is 0 Å². The third-order valence-corrected chi connectivity index (χ3v) is 5.48. The summed E-state index contributed by atoms with van der Waals surface area (Å²) >= 11 is 0. The van der Waals surface area contributed by atoms with Crippen LogP contribution in [0.2, 0.25) is 11.6 Å². The number of hydrogen-bond donors (Lipinski definition) is 0. The second-order valence-electron chi connectivity index (χ2n) is 5.37. The SMILES string of the molecule is PB(C1CCCCC1)C1CCCCC1.[LiH].